The van der Waals surface area contributed by atoms with Gasteiger partial charge in [0.15, 0.2) is 6.10 Å². The van der Waals surface area contributed by atoms with Crippen molar-refractivity contribution in [3.8, 4) is 0 Å². The normalized spacial score (nSPS) is 14.2. The van der Waals surface area contributed by atoms with Crippen LogP contribution in [-0.2, 0) is 32.7 Å². The van der Waals surface area contributed by atoms with Gasteiger partial charge in [0.05, 0.1) is 19.8 Å². The molecule has 11 heteroatoms. The fourth-order valence-corrected chi connectivity index (χ4v) is 7.36. The van der Waals surface area contributed by atoms with Crippen molar-refractivity contribution in [1.82, 2.24) is 0 Å². The Bertz CT molecular complexity index is 1140. The minimum absolute atomic E-state index is 0.168. The van der Waals surface area contributed by atoms with E-state index in [-0.39, 0.29) is 19.4 Å². The van der Waals surface area contributed by atoms with Crippen LogP contribution in [0.5, 0.6) is 0 Å². The Labute approximate surface area is 366 Å². The average Bonchev–Trinajstić information content (AvgIpc) is 3.24. The Kier molecular flexibility index (Phi) is 43.4. The summed E-state index contributed by atoms with van der Waals surface area (Å²) in [4.78, 5) is 35.1. The molecule has 0 aliphatic rings. The molecule has 350 valence electrons. The highest BCUT2D eigenvalue weighted by Gasteiger charge is 2.27. The van der Waals surface area contributed by atoms with Crippen molar-refractivity contribution in [3.63, 3.8) is 0 Å². The number of rotatable bonds is 45. The minimum Gasteiger partial charge on any atom is -0.462 e. The van der Waals surface area contributed by atoms with Crippen LogP contribution < -0.4 is 0 Å². The molecule has 0 saturated heterocycles. The van der Waals surface area contributed by atoms with Gasteiger partial charge in [-0.3, -0.25) is 18.6 Å². The minimum atomic E-state index is -4.63. The molecule has 0 aromatic heterocycles. The first kappa shape index (κ1) is 57.9. The fourth-order valence-electron chi connectivity index (χ4n) is 6.57. The largest absolute Gasteiger partial charge is 0.472 e. The third kappa shape index (κ3) is 44.0. The smallest absolute Gasteiger partial charge is 0.462 e. The van der Waals surface area contributed by atoms with Gasteiger partial charge in [0, 0.05) is 12.8 Å². The van der Waals surface area contributed by atoms with Crippen LogP contribution in [0.25, 0.3) is 0 Å². The molecule has 60 heavy (non-hydrogen) atoms. The van der Waals surface area contributed by atoms with Gasteiger partial charge in [-0.25, -0.2) is 4.57 Å². The molecule has 3 atom stereocenters. The molecule has 0 aliphatic carbocycles. The first-order valence-corrected chi connectivity index (χ1v) is 25.6. The summed E-state index contributed by atoms with van der Waals surface area (Å²) < 4.78 is 32.8. The lowest BCUT2D eigenvalue weighted by atomic mass is 10.0. The quantitative estimate of drug-likeness (QED) is 0.0234. The van der Waals surface area contributed by atoms with E-state index in [1.54, 1.807) is 0 Å². The number of esters is 2. The van der Waals surface area contributed by atoms with Crippen LogP contribution >= 0.6 is 7.82 Å². The van der Waals surface area contributed by atoms with Gasteiger partial charge in [-0.05, 0) is 51.4 Å². The van der Waals surface area contributed by atoms with Gasteiger partial charge in [-0.15, -0.1) is 0 Å². The molecule has 0 amide bonds. The number of phosphoric acid groups is 1. The van der Waals surface area contributed by atoms with Gasteiger partial charge in [0.1, 0.15) is 12.7 Å². The van der Waals surface area contributed by atoms with Gasteiger partial charge in [-0.1, -0.05) is 197 Å². The maximum atomic E-state index is 12.7. The van der Waals surface area contributed by atoms with Crippen LogP contribution in [0, 0.1) is 0 Å². The molecular weight excluding hydrogens is 780 g/mol. The van der Waals surface area contributed by atoms with E-state index >= 15 is 0 Å². The zero-order chi connectivity index (χ0) is 44.0. The SMILES string of the molecule is CC/C=C\C/C=C\C/C=C\C/C=C\CCCCCCCCC(=O)OC(COC(=O)CCCCCCCCCCCCCCCCCCCC)COP(=O)(O)OCC(O)CO. The Morgan fingerprint density at radius 1 is 0.517 bits per heavy atom. The van der Waals surface area contributed by atoms with Crippen LogP contribution in [0.15, 0.2) is 48.6 Å². The zero-order valence-corrected chi connectivity index (χ0v) is 39.1. The number of hydrogen-bond acceptors (Lipinski definition) is 9. The third-order valence-electron chi connectivity index (χ3n) is 10.2. The first-order chi connectivity index (χ1) is 29.2. The lowest BCUT2D eigenvalue weighted by Gasteiger charge is -2.20. The molecule has 0 bridgehead atoms. The van der Waals surface area contributed by atoms with Crippen molar-refractivity contribution in [1.29, 1.82) is 0 Å². The van der Waals surface area contributed by atoms with E-state index in [4.69, 9.17) is 23.6 Å². The van der Waals surface area contributed by atoms with Crippen LogP contribution in [0.2, 0.25) is 0 Å². The van der Waals surface area contributed by atoms with Gasteiger partial charge < -0.3 is 24.6 Å². The number of carbonyl (C=O) groups is 2. The fraction of sp³-hybridized carbons (Fsp3) is 0.796. The van der Waals surface area contributed by atoms with Gasteiger partial charge in [-0.2, -0.15) is 0 Å². The summed E-state index contributed by atoms with van der Waals surface area (Å²) in [5.74, 6) is -0.934. The van der Waals surface area contributed by atoms with Crippen molar-refractivity contribution in [2.75, 3.05) is 26.4 Å². The number of carbonyl (C=O) groups excluding carboxylic acids is 2. The van der Waals surface area contributed by atoms with E-state index in [1.165, 1.54) is 89.9 Å². The van der Waals surface area contributed by atoms with Crippen molar-refractivity contribution in [2.45, 2.75) is 225 Å². The molecule has 0 aromatic rings. The number of aliphatic hydroxyl groups excluding tert-OH is 2. The summed E-state index contributed by atoms with van der Waals surface area (Å²) in [7, 11) is -4.63. The molecule has 0 fully saturated rings. The second-order valence-corrected chi connectivity index (χ2v) is 17.6. The van der Waals surface area contributed by atoms with Crippen molar-refractivity contribution >= 4 is 19.8 Å². The van der Waals surface area contributed by atoms with E-state index in [1.807, 2.05) is 0 Å². The van der Waals surface area contributed by atoms with Crippen LogP contribution in [-0.4, -0.2) is 65.7 Å². The lowest BCUT2D eigenvalue weighted by molar-refractivity contribution is -0.161. The number of ether oxygens (including phenoxy) is 2. The van der Waals surface area contributed by atoms with Crippen LogP contribution in [0.1, 0.15) is 213 Å². The predicted molar refractivity (Wildman–Crippen MR) is 247 cm³/mol. The highest BCUT2D eigenvalue weighted by Crippen LogP contribution is 2.43. The summed E-state index contributed by atoms with van der Waals surface area (Å²) in [5.41, 5.74) is 0. The van der Waals surface area contributed by atoms with Crippen LogP contribution in [0.4, 0.5) is 0 Å². The average molecular weight is 869 g/mol. The monoisotopic (exact) mass is 869 g/mol. The summed E-state index contributed by atoms with van der Waals surface area (Å²) in [6.07, 6.45) is 49.3. The van der Waals surface area contributed by atoms with E-state index in [0.29, 0.717) is 12.8 Å². The second kappa shape index (κ2) is 45.0. The van der Waals surface area contributed by atoms with Crippen molar-refractivity contribution in [2.24, 2.45) is 0 Å². The zero-order valence-electron chi connectivity index (χ0n) is 38.2. The molecule has 0 radical (unpaired) electrons. The van der Waals surface area contributed by atoms with Gasteiger partial charge in [0.2, 0.25) is 0 Å². The molecule has 10 nitrogen and oxygen atoms in total. The summed E-state index contributed by atoms with van der Waals surface area (Å²) in [6.45, 7) is 2.28. The predicted octanol–water partition coefficient (Wildman–Crippen LogP) is 13.3. The molecule has 0 heterocycles. The molecule has 0 saturated carbocycles. The van der Waals surface area contributed by atoms with Gasteiger partial charge >= 0.3 is 19.8 Å². The molecule has 3 N–H and O–H groups in total. The number of hydrogen-bond donors (Lipinski definition) is 3. The summed E-state index contributed by atoms with van der Waals surface area (Å²) in [6, 6.07) is 0. The first-order valence-electron chi connectivity index (χ1n) is 24.1. The van der Waals surface area contributed by atoms with E-state index in [2.05, 4.69) is 62.5 Å². The van der Waals surface area contributed by atoms with E-state index in [0.717, 1.165) is 83.5 Å². The molecular formula is C49H89O10P. The molecule has 0 rings (SSSR count). The Morgan fingerprint density at radius 2 is 0.917 bits per heavy atom. The number of aliphatic hydroxyl groups is 2. The van der Waals surface area contributed by atoms with Gasteiger partial charge in [0.25, 0.3) is 0 Å². The Balaban J connectivity index is 4.24. The lowest BCUT2D eigenvalue weighted by Crippen LogP contribution is -2.29. The number of phosphoric ester groups is 1. The van der Waals surface area contributed by atoms with E-state index < -0.39 is 51.8 Å². The number of allylic oxidation sites excluding steroid dienone is 8. The molecule has 0 aliphatic heterocycles. The Morgan fingerprint density at radius 3 is 1.38 bits per heavy atom. The van der Waals surface area contributed by atoms with Crippen LogP contribution in [0.3, 0.4) is 0 Å². The van der Waals surface area contributed by atoms with Crippen molar-refractivity contribution < 1.29 is 47.8 Å². The van der Waals surface area contributed by atoms with Crippen molar-refractivity contribution in [3.05, 3.63) is 48.6 Å². The second-order valence-electron chi connectivity index (χ2n) is 16.1. The Hall–Kier alpha value is -2.07. The van der Waals surface area contributed by atoms with E-state index in [9.17, 15) is 24.2 Å². The maximum Gasteiger partial charge on any atom is 0.472 e. The standard InChI is InChI=1S/C49H89O10P/c1-3-5-7-9-11-13-15-17-19-21-23-25-27-29-31-33-35-37-39-41-49(53)59-47(45-58-60(54,55)57-43-46(51)42-50)44-56-48(52)40-38-36-34-32-30-28-26-24-22-20-18-16-14-12-10-8-6-4-2/h5,7,11,13,17,19,23,25,46-47,50-51H,3-4,6,8-10,12,14-16,18,20-22,24,26-45H2,1-2H3,(H,54,55)/b7-5-,13-11-,19-17-,25-23-. The maximum absolute atomic E-state index is 12.7. The topological polar surface area (TPSA) is 149 Å². The summed E-state index contributed by atoms with van der Waals surface area (Å²) >= 11 is 0. The molecule has 3 unspecified atom stereocenters. The molecule has 0 spiro atoms. The number of unbranched alkanes of at least 4 members (excludes halogenated alkanes) is 23. The summed E-state index contributed by atoms with van der Waals surface area (Å²) in [5, 5.41) is 18.4. The molecule has 0 aromatic carbocycles. The third-order valence-corrected chi connectivity index (χ3v) is 11.2. The highest BCUT2D eigenvalue weighted by molar-refractivity contribution is 7.47. The highest BCUT2D eigenvalue weighted by atomic mass is 31.2.